The maximum Gasteiger partial charge on any atom is 0.0983 e. The molecule has 0 aliphatic heterocycles. The van der Waals surface area contributed by atoms with E-state index in [4.69, 9.17) is 4.42 Å². The fourth-order valence-electron chi connectivity index (χ4n) is 1.47. The highest BCUT2D eigenvalue weighted by Crippen LogP contribution is 2.24. The number of rotatable bonds is 2. The highest BCUT2D eigenvalue weighted by molar-refractivity contribution is 5.65. The lowest BCUT2D eigenvalue weighted by molar-refractivity contribution is 0.565. The Labute approximate surface area is 78.0 Å². The fourth-order valence-corrected chi connectivity index (χ4v) is 1.47. The van der Waals surface area contributed by atoms with Gasteiger partial charge in [-0.1, -0.05) is 37.3 Å². The van der Waals surface area contributed by atoms with Crippen molar-refractivity contribution in [1.29, 1.82) is 0 Å². The highest BCUT2D eigenvalue weighted by atomic mass is 16.3. The number of hydrogen-bond donors (Lipinski definition) is 0. The van der Waals surface area contributed by atoms with Crippen LogP contribution in [-0.4, -0.2) is 0 Å². The van der Waals surface area contributed by atoms with E-state index in [0.29, 0.717) is 0 Å². The second-order valence-electron chi connectivity index (χ2n) is 3.03. The molecule has 0 aliphatic carbocycles. The number of hydrogen-bond acceptors (Lipinski definition) is 1. The SMILES string of the molecule is CCc1cocc1-c1ccccc1. The molecule has 0 N–H and O–H groups in total. The first kappa shape index (κ1) is 8.11. The largest absolute Gasteiger partial charge is 0.472 e. The van der Waals surface area contributed by atoms with Gasteiger partial charge in [-0.15, -0.1) is 0 Å². The summed E-state index contributed by atoms with van der Waals surface area (Å²) in [4.78, 5) is 0. The first-order valence-electron chi connectivity index (χ1n) is 4.52. The minimum absolute atomic E-state index is 1.01. The Kier molecular flexibility index (Phi) is 2.17. The molecular formula is C12H12O. The van der Waals surface area contributed by atoms with Gasteiger partial charge in [0.25, 0.3) is 0 Å². The summed E-state index contributed by atoms with van der Waals surface area (Å²) in [7, 11) is 0. The zero-order chi connectivity index (χ0) is 9.10. The van der Waals surface area contributed by atoms with E-state index in [9.17, 15) is 0 Å². The monoisotopic (exact) mass is 172 g/mol. The third-order valence-electron chi connectivity index (χ3n) is 2.21. The Balaban J connectivity index is 2.47. The van der Waals surface area contributed by atoms with E-state index in [1.54, 1.807) is 0 Å². The lowest BCUT2D eigenvalue weighted by Gasteiger charge is -1.98. The summed E-state index contributed by atoms with van der Waals surface area (Å²) in [6.07, 6.45) is 4.65. The van der Waals surface area contributed by atoms with Crippen molar-refractivity contribution in [3.8, 4) is 11.1 Å². The molecule has 1 aromatic carbocycles. The van der Waals surface area contributed by atoms with Gasteiger partial charge >= 0.3 is 0 Å². The van der Waals surface area contributed by atoms with E-state index in [1.807, 2.05) is 30.7 Å². The quantitative estimate of drug-likeness (QED) is 0.675. The molecule has 1 aromatic heterocycles. The van der Waals surface area contributed by atoms with Gasteiger partial charge in [0, 0.05) is 5.56 Å². The Morgan fingerprint density at radius 1 is 1.08 bits per heavy atom. The van der Waals surface area contributed by atoms with Gasteiger partial charge in [-0.25, -0.2) is 0 Å². The lowest BCUT2D eigenvalue weighted by atomic mass is 10.0. The average molecular weight is 172 g/mol. The summed E-state index contributed by atoms with van der Waals surface area (Å²) in [5.41, 5.74) is 3.71. The standard InChI is InChI=1S/C12H12O/c1-2-10-8-13-9-12(10)11-6-4-3-5-7-11/h3-9H,2H2,1H3. The summed E-state index contributed by atoms with van der Waals surface area (Å²) in [5, 5.41) is 0. The Hall–Kier alpha value is -1.50. The molecule has 0 unspecified atom stereocenters. The molecule has 0 saturated carbocycles. The second-order valence-corrected chi connectivity index (χ2v) is 3.03. The van der Waals surface area contributed by atoms with Crippen LogP contribution in [0.1, 0.15) is 12.5 Å². The summed E-state index contributed by atoms with van der Waals surface area (Å²) < 4.78 is 5.19. The Morgan fingerprint density at radius 2 is 1.85 bits per heavy atom. The van der Waals surface area contributed by atoms with Crippen LogP contribution in [-0.2, 0) is 6.42 Å². The smallest absolute Gasteiger partial charge is 0.0983 e. The maximum atomic E-state index is 5.19. The van der Waals surface area contributed by atoms with Crippen molar-refractivity contribution in [2.75, 3.05) is 0 Å². The molecule has 2 aromatic rings. The predicted molar refractivity (Wildman–Crippen MR) is 53.5 cm³/mol. The van der Waals surface area contributed by atoms with E-state index in [0.717, 1.165) is 6.42 Å². The number of furan rings is 1. The number of aryl methyl sites for hydroxylation is 1. The van der Waals surface area contributed by atoms with Crippen molar-refractivity contribution in [3.05, 3.63) is 48.4 Å². The van der Waals surface area contributed by atoms with Gasteiger partial charge in [0.1, 0.15) is 0 Å². The lowest BCUT2D eigenvalue weighted by Crippen LogP contribution is -1.80. The van der Waals surface area contributed by atoms with Crippen LogP contribution in [0, 0.1) is 0 Å². The Bertz CT molecular complexity index is 373. The van der Waals surface area contributed by atoms with Crippen molar-refractivity contribution >= 4 is 0 Å². The highest BCUT2D eigenvalue weighted by Gasteiger charge is 2.04. The third-order valence-corrected chi connectivity index (χ3v) is 2.21. The van der Waals surface area contributed by atoms with Crippen molar-refractivity contribution < 1.29 is 4.42 Å². The van der Waals surface area contributed by atoms with Crippen LogP contribution in [0.4, 0.5) is 0 Å². The van der Waals surface area contributed by atoms with Crippen LogP contribution in [0.2, 0.25) is 0 Å². The van der Waals surface area contributed by atoms with Gasteiger partial charge in [0.2, 0.25) is 0 Å². The van der Waals surface area contributed by atoms with Crippen LogP contribution in [0.3, 0.4) is 0 Å². The van der Waals surface area contributed by atoms with Crippen molar-refractivity contribution in [2.24, 2.45) is 0 Å². The van der Waals surface area contributed by atoms with Crippen LogP contribution < -0.4 is 0 Å². The minimum Gasteiger partial charge on any atom is -0.472 e. The summed E-state index contributed by atoms with van der Waals surface area (Å²) >= 11 is 0. The molecule has 0 aliphatic rings. The molecule has 0 radical (unpaired) electrons. The van der Waals surface area contributed by atoms with Gasteiger partial charge < -0.3 is 4.42 Å². The summed E-state index contributed by atoms with van der Waals surface area (Å²) in [5.74, 6) is 0. The maximum absolute atomic E-state index is 5.19. The fraction of sp³-hybridized carbons (Fsp3) is 0.167. The Morgan fingerprint density at radius 3 is 2.54 bits per heavy atom. The molecular weight excluding hydrogens is 160 g/mol. The average Bonchev–Trinajstić information content (AvgIpc) is 2.67. The first-order chi connectivity index (χ1) is 6.42. The summed E-state index contributed by atoms with van der Waals surface area (Å²) in [6.45, 7) is 2.14. The molecule has 0 spiro atoms. The van der Waals surface area contributed by atoms with Crippen LogP contribution in [0.15, 0.2) is 47.3 Å². The third kappa shape index (κ3) is 1.50. The van der Waals surface area contributed by atoms with E-state index in [2.05, 4.69) is 19.1 Å². The molecule has 2 rings (SSSR count). The minimum atomic E-state index is 1.01. The topological polar surface area (TPSA) is 13.1 Å². The van der Waals surface area contributed by atoms with E-state index >= 15 is 0 Å². The van der Waals surface area contributed by atoms with Crippen molar-refractivity contribution in [2.45, 2.75) is 13.3 Å². The van der Waals surface area contributed by atoms with E-state index in [-0.39, 0.29) is 0 Å². The zero-order valence-electron chi connectivity index (χ0n) is 7.66. The van der Waals surface area contributed by atoms with Gasteiger partial charge in [-0.05, 0) is 17.5 Å². The molecule has 13 heavy (non-hydrogen) atoms. The second kappa shape index (κ2) is 3.48. The molecule has 0 fully saturated rings. The van der Waals surface area contributed by atoms with Crippen LogP contribution >= 0.6 is 0 Å². The van der Waals surface area contributed by atoms with Crippen molar-refractivity contribution in [3.63, 3.8) is 0 Å². The van der Waals surface area contributed by atoms with E-state index in [1.165, 1.54) is 16.7 Å². The van der Waals surface area contributed by atoms with Gasteiger partial charge in [-0.3, -0.25) is 0 Å². The predicted octanol–water partition coefficient (Wildman–Crippen LogP) is 3.51. The molecule has 0 atom stereocenters. The summed E-state index contributed by atoms with van der Waals surface area (Å²) in [6, 6.07) is 10.3. The van der Waals surface area contributed by atoms with Gasteiger partial charge in [0.05, 0.1) is 12.5 Å². The van der Waals surface area contributed by atoms with Gasteiger partial charge in [-0.2, -0.15) is 0 Å². The van der Waals surface area contributed by atoms with Crippen molar-refractivity contribution in [1.82, 2.24) is 0 Å². The number of benzene rings is 1. The first-order valence-corrected chi connectivity index (χ1v) is 4.52. The van der Waals surface area contributed by atoms with Crippen LogP contribution in [0.5, 0.6) is 0 Å². The molecule has 1 nitrogen and oxygen atoms in total. The van der Waals surface area contributed by atoms with E-state index < -0.39 is 0 Å². The molecule has 1 heterocycles. The zero-order valence-corrected chi connectivity index (χ0v) is 7.66. The molecule has 1 heteroatoms. The molecule has 0 saturated heterocycles. The molecule has 66 valence electrons. The normalized spacial score (nSPS) is 10.2. The van der Waals surface area contributed by atoms with Crippen LogP contribution in [0.25, 0.3) is 11.1 Å². The molecule has 0 bridgehead atoms. The molecule has 0 amide bonds. The van der Waals surface area contributed by atoms with Gasteiger partial charge in [0.15, 0.2) is 0 Å².